The van der Waals surface area contributed by atoms with Crippen molar-refractivity contribution in [3.05, 3.63) is 35.1 Å². The largest absolute Gasteiger partial charge is 0.460 e. The zero-order valence-corrected chi connectivity index (χ0v) is 16.5. The summed E-state index contributed by atoms with van der Waals surface area (Å²) in [7, 11) is 0. The summed E-state index contributed by atoms with van der Waals surface area (Å²) in [6, 6.07) is 4.89. The van der Waals surface area contributed by atoms with Gasteiger partial charge in [0.25, 0.3) is 0 Å². The fourth-order valence-corrected chi connectivity index (χ4v) is 3.46. The quantitative estimate of drug-likeness (QED) is 0.373. The Bertz CT molecular complexity index is 758. The fourth-order valence-electron chi connectivity index (χ4n) is 3.46. The molecule has 1 aliphatic heterocycles. The monoisotopic (exact) mass is 405 g/mol. The van der Waals surface area contributed by atoms with Gasteiger partial charge in [-0.3, -0.25) is 15.0 Å². The lowest BCUT2D eigenvalue weighted by atomic mass is 9.97. The van der Waals surface area contributed by atoms with Crippen LogP contribution in [0.3, 0.4) is 0 Å². The molecule has 1 aromatic rings. The van der Waals surface area contributed by atoms with E-state index in [0.29, 0.717) is 24.0 Å². The number of carbonyl (C=O) groups excluding carboxylic acids is 2. The SMILES string of the molecule is N=C(N)CC(=O)OCc1cccc(COCC2CCN(C(=O)C3CC3)CC2)c1F. The second-order valence-electron chi connectivity index (χ2n) is 7.81. The minimum Gasteiger partial charge on any atom is -0.460 e. The van der Waals surface area contributed by atoms with Crippen molar-refractivity contribution in [3.63, 3.8) is 0 Å². The van der Waals surface area contributed by atoms with Gasteiger partial charge in [0.15, 0.2) is 0 Å². The number of likely N-dealkylation sites (tertiary alicyclic amines) is 1. The van der Waals surface area contributed by atoms with Gasteiger partial charge in [0.2, 0.25) is 5.91 Å². The van der Waals surface area contributed by atoms with Crippen LogP contribution in [0.2, 0.25) is 0 Å². The van der Waals surface area contributed by atoms with E-state index in [1.165, 1.54) is 0 Å². The molecule has 8 heteroatoms. The second kappa shape index (κ2) is 9.82. The fraction of sp³-hybridized carbons (Fsp3) is 0.571. The molecule has 0 aromatic heterocycles. The van der Waals surface area contributed by atoms with Crippen LogP contribution in [0.5, 0.6) is 0 Å². The molecule has 7 nitrogen and oxygen atoms in total. The van der Waals surface area contributed by atoms with Crippen molar-refractivity contribution in [1.29, 1.82) is 5.41 Å². The molecule has 2 fully saturated rings. The predicted molar refractivity (Wildman–Crippen MR) is 104 cm³/mol. The van der Waals surface area contributed by atoms with Crippen molar-refractivity contribution in [2.24, 2.45) is 17.6 Å². The summed E-state index contributed by atoms with van der Waals surface area (Å²) < 4.78 is 25.3. The van der Waals surface area contributed by atoms with Crippen LogP contribution in [-0.2, 0) is 32.3 Å². The summed E-state index contributed by atoms with van der Waals surface area (Å²) in [4.78, 5) is 25.5. The number of amides is 1. The topological polar surface area (TPSA) is 106 Å². The van der Waals surface area contributed by atoms with Gasteiger partial charge in [-0.15, -0.1) is 0 Å². The molecule has 1 aliphatic carbocycles. The van der Waals surface area contributed by atoms with Crippen LogP contribution in [0, 0.1) is 23.1 Å². The summed E-state index contributed by atoms with van der Waals surface area (Å²) in [5, 5.41) is 7.07. The Labute approximate surface area is 169 Å². The van der Waals surface area contributed by atoms with Gasteiger partial charge in [0.1, 0.15) is 24.7 Å². The Morgan fingerprint density at radius 3 is 2.41 bits per heavy atom. The Kier molecular flexibility index (Phi) is 7.19. The minimum absolute atomic E-state index is 0.141. The highest BCUT2D eigenvalue weighted by molar-refractivity contribution is 5.94. The van der Waals surface area contributed by atoms with Crippen molar-refractivity contribution < 1.29 is 23.5 Å². The summed E-state index contributed by atoms with van der Waals surface area (Å²) in [6.07, 6.45) is 3.57. The Morgan fingerprint density at radius 1 is 1.14 bits per heavy atom. The maximum absolute atomic E-state index is 14.6. The first-order chi connectivity index (χ1) is 13.9. The molecule has 3 rings (SSSR count). The smallest absolute Gasteiger partial charge is 0.313 e. The Hall–Kier alpha value is -2.48. The number of carbonyl (C=O) groups is 2. The van der Waals surface area contributed by atoms with E-state index in [0.717, 1.165) is 38.8 Å². The standard InChI is InChI=1S/C21H28FN3O4/c22-20-16(2-1-3-17(20)13-29-19(26)10-18(23)24)12-28-11-14-6-8-25(9-7-14)21(27)15-4-5-15/h1-3,14-15H,4-13H2,(H3,23,24). The number of benzene rings is 1. The Balaban J connectivity index is 1.41. The normalized spacial score (nSPS) is 17.2. The van der Waals surface area contributed by atoms with Crippen LogP contribution in [0.25, 0.3) is 0 Å². The highest BCUT2D eigenvalue weighted by atomic mass is 19.1. The summed E-state index contributed by atoms with van der Waals surface area (Å²) in [6.45, 7) is 2.02. The molecule has 2 aliphatic rings. The van der Waals surface area contributed by atoms with E-state index in [-0.39, 0.29) is 37.0 Å². The van der Waals surface area contributed by atoms with E-state index < -0.39 is 11.8 Å². The lowest BCUT2D eigenvalue weighted by Crippen LogP contribution is -2.40. The maximum atomic E-state index is 14.6. The molecule has 0 unspecified atom stereocenters. The maximum Gasteiger partial charge on any atom is 0.313 e. The first-order valence-electron chi connectivity index (χ1n) is 10.1. The van der Waals surface area contributed by atoms with Crippen LogP contribution in [0.4, 0.5) is 4.39 Å². The zero-order valence-electron chi connectivity index (χ0n) is 16.5. The van der Waals surface area contributed by atoms with Crippen LogP contribution in [0.1, 0.15) is 43.2 Å². The van der Waals surface area contributed by atoms with Crippen molar-refractivity contribution in [3.8, 4) is 0 Å². The molecule has 1 heterocycles. The van der Waals surface area contributed by atoms with E-state index in [4.69, 9.17) is 20.6 Å². The predicted octanol–water partition coefficient (Wildman–Crippen LogP) is 2.36. The van der Waals surface area contributed by atoms with E-state index in [1.54, 1.807) is 18.2 Å². The van der Waals surface area contributed by atoms with Crippen LogP contribution < -0.4 is 5.73 Å². The number of nitrogens with two attached hydrogens (primary N) is 1. The van der Waals surface area contributed by atoms with Crippen LogP contribution in [-0.4, -0.2) is 42.3 Å². The van der Waals surface area contributed by atoms with Gasteiger partial charge < -0.3 is 20.1 Å². The molecular weight excluding hydrogens is 377 g/mol. The number of amidine groups is 1. The molecule has 0 bridgehead atoms. The van der Waals surface area contributed by atoms with Crippen molar-refractivity contribution in [2.45, 2.75) is 45.3 Å². The van der Waals surface area contributed by atoms with Gasteiger partial charge in [-0.1, -0.05) is 18.2 Å². The van der Waals surface area contributed by atoms with Crippen molar-refractivity contribution in [2.75, 3.05) is 19.7 Å². The molecule has 0 radical (unpaired) electrons. The van der Waals surface area contributed by atoms with Gasteiger partial charge >= 0.3 is 5.97 Å². The number of esters is 1. The van der Waals surface area contributed by atoms with E-state index >= 15 is 0 Å². The third kappa shape index (κ3) is 6.25. The average Bonchev–Trinajstić information content (AvgIpc) is 3.53. The Morgan fingerprint density at radius 2 is 1.79 bits per heavy atom. The summed E-state index contributed by atoms with van der Waals surface area (Å²) in [5.74, 6) is -0.470. The number of piperidine rings is 1. The molecular formula is C21H28FN3O4. The first-order valence-corrected chi connectivity index (χ1v) is 10.1. The number of hydrogen-bond acceptors (Lipinski definition) is 5. The van der Waals surface area contributed by atoms with Crippen molar-refractivity contribution >= 4 is 17.7 Å². The van der Waals surface area contributed by atoms with E-state index in [9.17, 15) is 14.0 Å². The first kappa shape index (κ1) is 21.2. The molecule has 1 saturated heterocycles. The van der Waals surface area contributed by atoms with Gasteiger partial charge in [0.05, 0.1) is 6.61 Å². The lowest BCUT2D eigenvalue weighted by molar-refractivity contribution is -0.143. The number of halogens is 1. The van der Waals surface area contributed by atoms with Gasteiger partial charge in [-0.2, -0.15) is 0 Å². The lowest BCUT2D eigenvalue weighted by Gasteiger charge is -2.32. The molecule has 1 amide bonds. The van der Waals surface area contributed by atoms with Gasteiger partial charge in [-0.25, -0.2) is 4.39 Å². The zero-order chi connectivity index (χ0) is 20.8. The molecule has 0 atom stereocenters. The van der Waals surface area contributed by atoms with Crippen LogP contribution >= 0.6 is 0 Å². The van der Waals surface area contributed by atoms with Gasteiger partial charge in [-0.05, 0) is 31.6 Å². The van der Waals surface area contributed by atoms with E-state index in [1.807, 2.05) is 4.90 Å². The highest BCUT2D eigenvalue weighted by Gasteiger charge is 2.34. The second-order valence-corrected chi connectivity index (χ2v) is 7.81. The molecule has 1 aromatic carbocycles. The van der Waals surface area contributed by atoms with Crippen LogP contribution in [0.15, 0.2) is 18.2 Å². The van der Waals surface area contributed by atoms with E-state index in [2.05, 4.69) is 0 Å². The number of hydrogen-bond donors (Lipinski definition) is 2. The highest BCUT2D eigenvalue weighted by Crippen LogP contribution is 2.32. The summed E-state index contributed by atoms with van der Waals surface area (Å²) >= 11 is 0. The number of nitrogens with one attached hydrogen (secondary N) is 1. The minimum atomic E-state index is -0.662. The van der Waals surface area contributed by atoms with Crippen molar-refractivity contribution in [1.82, 2.24) is 4.90 Å². The average molecular weight is 405 g/mol. The molecule has 3 N–H and O–H groups in total. The number of ether oxygens (including phenoxy) is 2. The molecule has 1 saturated carbocycles. The third-order valence-electron chi connectivity index (χ3n) is 5.35. The van der Waals surface area contributed by atoms with Gasteiger partial charge in [0, 0.05) is 36.7 Å². The molecule has 158 valence electrons. The number of nitrogens with zero attached hydrogens (tertiary/aromatic N) is 1. The summed E-state index contributed by atoms with van der Waals surface area (Å²) in [5.41, 5.74) is 5.81. The third-order valence-corrected chi connectivity index (χ3v) is 5.35. The molecule has 0 spiro atoms. The molecule has 29 heavy (non-hydrogen) atoms. The number of rotatable bonds is 9.